The lowest BCUT2D eigenvalue weighted by Crippen LogP contribution is -2.06. The van der Waals surface area contributed by atoms with Crippen molar-refractivity contribution in [2.45, 2.75) is 52.4 Å². The molecule has 1 aromatic carbocycles. The normalized spacial score (nSPS) is 16.4. The Bertz CT molecular complexity index is 400. The molecular weight excluding hydrogens is 220 g/mol. The van der Waals surface area contributed by atoms with Crippen LogP contribution in [0.5, 0.6) is 0 Å². The lowest BCUT2D eigenvalue weighted by atomic mass is 9.94. The van der Waals surface area contributed by atoms with E-state index in [9.17, 15) is 4.79 Å². The number of carbonyl (C=O) groups excluding carboxylic acids is 1. The second-order valence-electron chi connectivity index (χ2n) is 6.08. The van der Waals surface area contributed by atoms with Gasteiger partial charge in [0.1, 0.15) is 0 Å². The number of rotatable bonds is 5. The zero-order chi connectivity index (χ0) is 13.0. The van der Waals surface area contributed by atoms with Crippen LogP contribution in [0.2, 0.25) is 0 Å². The minimum Gasteiger partial charge on any atom is -0.294 e. The molecule has 0 bridgehead atoms. The monoisotopic (exact) mass is 244 g/mol. The molecule has 2 rings (SSSR count). The molecule has 0 unspecified atom stereocenters. The molecule has 0 radical (unpaired) electrons. The fourth-order valence-corrected chi connectivity index (χ4v) is 2.94. The maximum atomic E-state index is 12.2. The van der Waals surface area contributed by atoms with Crippen LogP contribution in [0.15, 0.2) is 24.3 Å². The Kier molecular flexibility index (Phi) is 4.57. The highest BCUT2D eigenvalue weighted by Gasteiger charge is 2.19. The van der Waals surface area contributed by atoms with Gasteiger partial charge in [0.25, 0.3) is 0 Å². The highest BCUT2D eigenvalue weighted by atomic mass is 16.1. The summed E-state index contributed by atoms with van der Waals surface area (Å²) in [5.41, 5.74) is 2.21. The largest absolute Gasteiger partial charge is 0.294 e. The van der Waals surface area contributed by atoms with Crippen LogP contribution in [0.1, 0.15) is 61.9 Å². The van der Waals surface area contributed by atoms with Crippen molar-refractivity contribution < 1.29 is 4.79 Å². The lowest BCUT2D eigenvalue weighted by molar-refractivity contribution is 0.0962. The molecule has 1 aliphatic rings. The molecule has 1 aliphatic carbocycles. The Morgan fingerprint density at radius 1 is 1.28 bits per heavy atom. The predicted octanol–water partition coefficient (Wildman–Crippen LogP) is 4.65. The Morgan fingerprint density at radius 3 is 2.67 bits per heavy atom. The Morgan fingerprint density at radius 2 is 2.00 bits per heavy atom. The van der Waals surface area contributed by atoms with Gasteiger partial charge in [-0.1, -0.05) is 57.7 Å². The molecule has 0 aromatic heterocycles. The van der Waals surface area contributed by atoms with Crippen molar-refractivity contribution in [1.29, 1.82) is 0 Å². The van der Waals surface area contributed by atoms with Crippen LogP contribution in [-0.4, -0.2) is 5.78 Å². The topological polar surface area (TPSA) is 17.1 Å². The van der Waals surface area contributed by atoms with E-state index < -0.39 is 0 Å². The first-order valence-corrected chi connectivity index (χ1v) is 7.27. The smallest absolute Gasteiger partial charge is 0.163 e. The summed E-state index contributed by atoms with van der Waals surface area (Å²) in [4.78, 5) is 12.2. The summed E-state index contributed by atoms with van der Waals surface area (Å²) in [6, 6.07) is 8.23. The molecule has 0 spiro atoms. The number of hydrogen-bond acceptors (Lipinski definition) is 1. The number of Topliss-reactive ketones (excluding diaryl/α,β-unsaturated/α-hetero) is 1. The van der Waals surface area contributed by atoms with Crippen molar-refractivity contribution in [1.82, 2.24) is 0 Å². The van der Waals surface area contributed by atoms with Crippen molar-refractivity contribution >= 4 is 5.78 Å². The average Bonchev–Trinajstić information content (AvgIpc) is 2.81. The zero-order valence-electron chi connectivity index (χ0n) is 11.6. The summed E-state index contributed by atoms with van der Waals surface area (Å²) in [5, 5.41) is 0. The van der Waals surface area contributed by atoms with E-state index in [1.807, 2.05) is 12.1 Å². The van der Waals surface area contributed by atoms with Gasteiger partial charge in [-0.2, -0.15) is 0 Å². The van der Waals surface area contributed by atoms with Gasteiger partial charge in [-0.25, -0.2) is 0 Å². The fourth-order valence-electron chi connectivity index (χ4n) is 2.94. The van der Waals surface area contributed by atoms with E-state index in [2.05, 4.69) is 26.0 Å². The SMILES string of the molecule is CC(C)Cc1cccc(C(=O)CC2CCCC2)c1. The van der Waals surface area contributed by atoms with Gasteiger partial charge in [0, 0.05) is 12.0 Å². The minimum atomic E-state index is 0.340. The molecule has 0 amide bonds. The van der Waals surface area contributed by atoms with Crippen LogP contribution in [0.4, 0.5) is 0 Å². The maximum absolute atomic E-state index is 12.2. The molecule has 1 heteroatoms. The molecule has 0 heterocycles. The maximum Gasteiger partial charge on any atom is 0.163 e. The Balaban J connectivity index is 2.00. The standard InChI is InChI=1S/C17H24O/c1-13(2)10-15-8-5-9-16(11-15)17(18)12-14-6-3-4-7-14/h5,8-9,11,13-14H,3-4,6-7,10,12H2,1-2H3. The molecule has 1 saturated carbocycles. The number of benzene rings is 1. The van der Waals surface area contributed by atoms with Crippen molar-refractivity contribution in [3.05, 3.63) is 35.4 Å². The van der Waals surface area contributed by atoms with E-state index in [0.717, 1.165) is 18.4 Å². The molecule has 18 heavy (non-hydrogen) atoms. The predicted molar refractivity (Wildman–Crippen MR) is 75.9 cm³/mol. The first kappa shape index (κ1) is 13.3. The molecule has 1 nitrogen and oxygen atoms in total. The van der Waals surface area contributed by atoms with Gasteiger partial charge in [-0.3, -0.25) is 4.79 Å². The zero-order valence-corrected chi connectivity index (χ0v) is 11.6. The van der Waals surface area contributed by atoms with Crippen molar-refractivity contribution in [2.75, 3.05) is 0 Å². The van der Waals surface area contributed by atoms with E-state index in [4.69, 9.17) is 0 Å². The van der Waals surface area contributed by atoms with Gasteiger partial charge >= 0.3 is 0 Å². The van der Waals surface area contributed by atoms with Crippen LogP contribution in [-0.2, 0) is 6.42 Å². The van der Waals surface area contributed by atoms with Crippen molar-refractivity contribution in [3.8, 4) is 0 Å². The molecular formula is C17H24O. The van der Waals surface area contributed by atoms with E-state index in [-0.39, 0.29) is 0 Å². The summed E-state index contributed by atoms with van der Waals surface area (Å²) in [6.45, 7) is 4.43. The Hall–Kier alpha value is -1.11. The van der Waals surface area contributed by atoms with Crippen LogP contribution >= 0.6 is 0 Å². The van der Waals surface area contributed by atoms with Crippen LogP contribution < -0.4 is 0 Å². The molecule has 1 fully saturated rings. The average molecular weight is 244 g/mol. The third-order valence-corrected chi connectivity index (χ3v) is 3.84. The first-order valence-electron chi connectivity index (χ1n) is 7.27. The third-order valence-electron chi connectivity index (χ3n) is 3.84. The van der Waals surface area contributed by atoms with Gasteiger partial charge in [-0.05, 0) is 29.9 Å². The van der Waals surface area contributed by atoms with Gasteiger partial charge < -0.3 is 0 Å². The third kappa shape index (κ3) is 3.69. The van der Waals surface area contributed by atoms with Crippen LogP contribution in [0.25, 0.3) is 0 Å². The number of hydrogen-bond donors (Lipinski definition) is 0. The second kappa shape index (κ2) is 6.17. The fraction of sp³-hybridized carbons (Fsp3) is 0.588. The molecule has 0 atom stereocenters. The summed E-state index contributed by atoms with van der Waals surface area (Å²) in [6.07, 6.45) is 6.93. The number of ketones is 1. The molecule has 98 valence electrons. The molecule has 1 aromatic rings. The molecule has 0 aliphatic heterocycles. The number of carbonyl (C=O) groups is 1. The quantitative estimate of drug-likeness (QED) is 0.689. The lowest BCUT2D eigenvalue weighted by Gasteiger charge is -2.10. The van der Waals surface area contributed by atoms with Gasteiger partial charge in [-0.15, -0.1) is 0 Å². The van der Waals surface area contributed by atoms with Crippen LogP contribution in [0, 0.1) is 11.8 Å². The highest BCUT2D eigenvalue weighted by Crippen LogP contribution is 2.28. The highest BCUT2D eigenvalue weighted by molar-refractivity contribution is 5.96. The van der Waals surface area contributed by atoms with Crippen molar-refractivity contribution in [3.63, 3.8) is 0 Å². The van der Waals surface area contributed by atoms with E-state index in [1.54, 1.807) is 0 Å². The van der Waals surface area contributed by atoms with E-state index >= 15 is 0 Å². The molecule has 0 saturated heterocycles. The molecule has 0 N–H and O–H groups in total. The Labute approximate surface area is 111 Å². The summed E-state index contributed by atoms with van der Waals surface area (Å²) in [7, 11) is 0. The van der Waals surface area contributed by atoms with Crippen LogP contribution in [0.3, 0.4) is 0 Å². The second-order valence-corrected chi connectivity index (χ2v) is 6.08. The van der Waals surface area contributed by atoms with Gasteiger partial charge in [0.2, 0.25) is 0 Å². The summed E-state index contributed by atoms with van der Waals surface area (Å²) in [5.74, 6) is 1.63. The van der Waals surface area contributed by atoms with Gasteiger partial charge in [0.15, 0.2) is 5.78 Å². The summed E-state index contributed by atoms with van der Waals surface area (Å²) < 4.78 is 0. The van der Waals surface area contributed by atoms with Crippen molar-refractivity contribution in [2.24, 2.45) is 11.8 Å². The van der Waals surface area contributed by atoms with E-state index in [1.165, 1.54) is 31.2 Å². The first-order chi connectivity index (χ1) is 8.65. The summed E-state index contributed by atoms with van der Waals surface area (Å²) >= 11 is 0. The minimum absolute atomic E-state index is 0.340. The van der Waals surface area contributed by atoms with Gasteiger partial charge in [0.05, 0.1) is 0 Å². The van der Waals surface area contributed by atoms with E-state index in [0.29, 0.717) is 17.6 Å².